The van der Waals surface area contributed by atoms with Crippen molar-refractivity contribution >= 4 is 0 Å². The molecule has 0 spiro atoms. The summed E-state index contributed by atoms with van der Waals surface area (Å²) in [6.45, 7) is -2.05. The third-order valence-corrected chi connectivity index (χ3v) is 4.02. The van der Waals surface area contributed by atoms with Crippen LogP contribution in [0.1, 0.15) is 0 Å². The van der Waals surface area contributed by atoms with Crippen molar-refractivity contribution in [2.75, 3.05) is 19.8 Å². The van der Waals surface area contributed by atoms with Crippen molar-refractivity contribution in [3.05, 3.63) is 0 Å². The predicted molar refractivity (Wildman–Crippen MR) is 68.6 cm³/mol. The highest BCUT2D eigenvalue weighted by atomic mass is 16.7. The highest BCUT2D eigenvalue weighted by molar-refractivity contribution is 4.95. The lowest BCUT2D eigenvalue weighted by Gasteiger charge is -2.39. The second-order valence-corrected chi connectivity index (χ2v) is 5.63. The van der Waals surface area contributed by atoms with E-state index in [0.29, 0.717) is 0 Å². The molecule has 0 aliphatic carbocycles. The summed E-state index contributed by atoms with van der Waals surface area (Å²) in [6.07, 6.45) is -12.0. The van der Waals surface area contributed by atoms with Gasteiger partial charge in [-0.15, -0.1) is 0 Å². The topological polar surface area (TPSA) is 190 Å². The number of hydrogen-bond acceptors (Lipinski definition) is 11. The molecular weight excluding hydrogens is 320 g/mol. The number of aliphatic hydroxyl groups is 8. The molecule has 0 bridgehead atoms. The van der Waals surface area contributed by atoms with E-state index in [-0.39, 0.29) is 0 Å². The van der Waals surface area contributed by atoms with Crippen LogP contribution in [0, 0.1) is 0 Å². The molecule has 2 rings (SSSR count). The third kappa shape index (κ3) is 3.50. The maximum Gasteiger partial charge on any atom is 0.219 e. The zero-order valence-electron chi connectivity index (χ0n) is 12.0. The van der Waals surface area contributed by atoms with Gasteiger partial charge >= 0.3 is 0 Å². The number of aliphatic hydroxyl groups excluding tert-OH is 7. The number of hydrogen-bond donors (Lipinski definition) is 8. The van der Waals surface area contributed by atoms with E-state index < -0.39 is 74.6 Å². The van der Waals surface area contributed by atoms with Crippen molar-refractivity contribution in [1.82, 2.24) is 0 Å². The van der Waals surface area contributed by atoms with Gasteiger partial charge in [0.2, 0.25) is 5.79 Å². The molecule has 0 amide bonds. The normalized spacial score (nSPS) is 51.1. The molecular formula is C12H22O11. The molecule has 2 fully saturated rings. The van der Waals surface area contributed by atoms with Crippen LogP contribution in [0.3, 0.4) is 0 Å². The van der Waals surface area contributed by atoms with Crippen molar-refractivity contribution < 1.29 is 55.1 Å². The Labute approximate surface area is 130 Å². The first-order valence-electron chi connectivity index (χ1n) is 7.04. The van der Waals surface area contributed by atoms with Gasteiger partial charge < -0.3 is 55.1 Å². The van der Waals surface area contributed by atoms with Gasteiger partial charge in [0.1, 0.15) is 42.7 Å². The molecule has 2 aliphatic rings. The SMILES string of the molecule is OCC1O[C@H](OC[C@H]2O[C@](O)(CO)[C@H](O)[C@H]2O)C(O)[C@@H](O)[C@@H]1O. The lowest BCUT2D eigenvalue weighted by molar-refractivity contribution is -0.310. The first kappa shape index (κ1) is 18.9. The predicted octanol–water partition coefficient (Wildman–Crippen LogP) is -5.40. The quantitative estimate of drug-likeness (QED) is 0.238. The van der Waals surface area contributed by atoms with Crippen LogP contribution in [0.5, 0.6) is 0 Å². The van der Waals surface area contributed by atoms with Gasteiger partial charge in [-0.3, -0.25) is 0 Å². The summed E-state index contributed by atoms with van der Waals surface area (Å²) in [5.74, 6) is -2.34. The van der Waals surface area contributed by atoms with E-state index in [4.69, 9.17) is 24.4 Å². The maximum atomic E-state index is 9.78. The van der Waals surface area contributed by atoms with Crippen LogP contribution in [0.25, 0.3) is 0 Å². The lowest BCUT2D eigenvalue weighted by Crippen LogP contribution is -2.59. The molecule has 136 valence electrons. The summed E-state index contributed by atoms with van der Waals surface area (Å²) in [6, 6.07) is 0. The Morgan fingerprint density at radius 3 is 2.04 bits per heavy atom. The molecule has 9 atom stereocenters. The molecule has 0 radical (unpaired) electrons. The van der Waals surface area contributed by atoms with Gasteiger partial charge in [-0.25, -0.2) is 0 Å². The largest absolute Gasteiger partial charge is 0.394 e. The molecule has 0 aromatic rings. The summed E-state index contributed by atoms with van der Waals surface area (Å²) in [4.78, 5) is 0. The summed E-state index contributed by atoms with van der Waals surface area (Å²) in [5.41, 5.74) is 0. The molecule has 23 heavy (non-hydrogen) atoms. The fraction of sp³-hybridized carbons (Fsp3) is 1.00. The second-order valence-electron chi connectivity index (χ2n) is 5.63. The summed E-state index contributed by atoms with van der Waals surface area (Å²) >= 11 is 0. The van der Waals surface area contributed by atoms with Gasteiger partial charge in [0.15, 0.2) is 6.29 Å². The molecule has 0 saturated carbocycles. The second kappa shape index (κ2) is 7.21. The fourth-order valence-electron chi connectivity index (χ4n) is 2.53. The zero-order valence-corrected chi connectivity index (χ0v) is 12.0. The van der Waals surface area contributed by atoms with E-state index in [0.717, 1.165) is 0 Å². The van der Waals surface area contributed by atoms with Gasteiger partial charge in [-0.1, -0.05) is 0 Å². The smallest absolute Gasteiger partial charge is 0.219 e. The molecule has 2 aliphatic heterocycles. The zero-order chi connectivity index (χ0) is 17.4. The standard InChI is InChI=1S/C12H22O11/c13-1-4-6(15)8(17)9(18)11(22-4)21-2-5-7(16)10(19)12(20,3-14)23-5/h4-11,13-20H,1-3H2/t4?,5-,6-,7+,8+,9?,10-,11+,12-/m1/s1. The van der Waals surface area contributed by atoms with Crippen LogP contribution < -0.4 is 0 Å². The Morgan fingerprint density at radius 2 is 1.52 bits per heavy atom. The Bertz CT molecular complexity index is 393. The molecule has 2 saturated heterocycles. The average Bonchev–Trinajstić information content (AvgIpc) is 2.77. The molecule has 2 unspecified atom stereocenters. The van der Waals surface area contributed by atoms with Crippen molar-refractivity contribution in [3.8, 4) is 0 Å². The van der Waals surface area contributed by atoms with Gasteiger partial charge in [0, 0.05) is 0 Å². The molecule has 11 heteroatoms. The first-order chi connectivity index (χ1) is 10.7. The van der Waals surface area contributed by atoms with E-state index in [2.05, 4.69) is 0 Å². The van der Waals surface area contributed by atoms with Crippen LogP contribution >= 0.6 is 0 Å². The third-order valence-electron chi connectivity index (χ3n) is 4.02. The van der Waals surface area contributed by atoms with E-state index in [1.807, 2.05) is 0 Å². The van der Waals surface area contributed by atoms with E-state index in [9.17, 15) is 30.6 Å². The van der Waals surface area contributed by atoms with Crippen LogP contribution in [0.4, 0.5) is 0 Å². The monoisotopic (exact) mass is 342 g/mol. The fourth-order valence-corrected chi connectivity index (χ4v) is 2.53. The summed E-state index contributed by atoms with van der Waals surface area (Å²) < 4.78 is 15.2. The van der Waals surface area contributed by atoms with Crippen molar-refractivity contribution in [2.24, 2.45) is 0 Å². The van der Waals surface area contributed by atoms with Gasteiger partial charge in [0.25, 0.3) is 0 Å². The highest BCUT2D eigenvalue weighted by Gasteiger charge is 2.53. The summed E-state index contributed by atoms with van der Waals surface area (Å²) in [7, 11) is 0. The van der Waals surface area contributed by atoms with E-state index >= 15 is 0 Å². The minimum atomic E-state index is -2.34. The van der Waals surface area contributed by atoms with Gasteiger partial charge in [-0.05, 0) is 0 Å². The van der Waals surface area contributed by atoms with Crippen LogP contribution in [0.15, 0.2) is 0 Å². The lowest BCUT2D eigenvalue weighted by atomic mass is 9.99. The highest BCUT2D eigenvalue weighted by Crippen LogP contribution is 2.30. The molecule has 8 N–H and O–H groups in total. The Balaban J connectivity index is 1.95. The molecule has 0 aromatic carbocycles. The molecule has 0 aromatic heterocycles. The first-order valence-corrected chi connectivity index (χ1v) is 7.04. The molecule has 2 heterocycles. The van der Waals surface area contributed by atoms with E-state index in [1.54, 1.807) is 0 Å². The Morgan fingerprint density at radius 1 is 0.870 bits per heavy atom. The minimum absolute atomic E-state index is 0.469. The van der Waals surface area contributed by atoms with E-state index in [1.165, 1.54) is 0 Å². The number of ether oxygens (including phenoxy) is 3. The average molecular weight is 342 g/mol. The van der Waals surface area contributed by atoms with Crippen molar-refractivity contribution in [2.45, 2.75) is 54.8 Å². The van der Waals surface area contributed by atoms with Crippen molar-refractivity contribution in [3.63, 3.8) is 0 Å². The van der Waals surface area contributed by atoms with Gasteiger partial charge in [0.05, 0.1) is 19.8 Å². The minimum Gasteiger partial charge on any atom is -0.394 e. The van der Waals surface area contributed by atoms with Crippen LogP contribution in [-0.2, 0) is 14.2 Å². The Kier molecular flexibility index (Phi) is 5.92. The van der Waals surface area contributed by atoms with Crippen molar-refractivity contribution in [1.29, 1.82) is 0 Å². The molecule has 11 nitrogen and oxygen atoms in total. The summed E-state index contributed by atoms with van der Waals surface area (Å²) in [5, 5.41) is 76.1. The van der Waals surface area contributed by atoms with Crippen LogP contribution in [0.2, 0.25) is 0 Å². The Hall–Kier alpha value is -0.440. The van der Waals surface area contributed by atoms with Gasteiger partial charge in [-0.2, -0.15) is 0 Å². The number of rotatable bonds is 5. The van der Waals surface area contributed by atoms with Crippen LogP contribution in [-0.4, -0.2) is 115 Å². The maximum absolute atomic E-state index is 9.78.